The van der Waals surface area contributed by atoms with E-state index in [4.69, 9.17) is 4.74 Å². The van der Waals surface area contributed by atoms with Gasteiger partial charge in [-0.3, -0.25) is 4.79 Å². The normalized spacial score (nSPS) is 19.6. The van der Waals surface area contributed by atoms with E-state index < -0.39 is 28.8 Å². The molecule has 2 fully saturated rings. The van der Waals surface area contributed by atoms with Crippen LogP contribution in [0.4, 0.5) is 13.2 Å². The molecule has 0 unspecified atom stereocenters. The van der Waals surface area contributed by atoms with Gasteiger partial charge >= 0.3 is 6.18 Å². The molecule has 0 aromatic heterocycles. The monoisotopic (exact) mass is 490 g/mol. The Morgan fingerprint density at radius 2 is 1.80 bits per heavy atom. The summed E-state index contributed by atoms with van der Waals surface area (Å²) >= 11 is 0. The zero-order valence-corrected chi connectivity index (χ0v) is 20.0. The summed E-state index contributed by atoms with van der Waals surface area (Å²) in [6.07, 6.45) is -0.425. The van der Waals surface area contributed by atoms with E-state index in [1.165, 1.54) is 24.1 Å². The van der Waals surface area contributed by atoms with Gasteiger partial charge in [0, 0.05) is 17.6 Å². The molecule has 1 aliphatic carbocycles. The number of rotatable bonds is 9. The Bertz CT molecular complexity index is 1000. The standard InChI is InChI=1S/C27H33F3N2O3/c1-35-23-9-5-8-22(18-23)26(34,27(28,29)30)24(33)32(19-21-6-3-2-4-7-21)25(14-15-25)13-10-20-11-16-31-17-12-20/h2-9,18,20,31,34H,10-17,19H2,1H3/t26-/m1/s1. The molecule has 0 radical (unpaired) electrons. The van der Waals surface area contributed by atoms with E-state index in [2.05, 4.69) is 5.32 Å². The highest BCUT2D eigenvalue weighted by molar-refractivity contribution is 5.88. The van der Waals surface area contributed by atoms with Crippen LogP contribution in [0.3, 0.4) is 0 Å². The minimum Gasteiger partial charge on any atom is -0.497 e. The van der Waals surface area contributed by atoms with Crippen molar-refractivity contribution in [3.63, 3.8) is 0 Å². The lowest BCUT2D eigenvalue weighted by atomic mass is 9.87. The fraction of sp³-hybridized carbons (Fsp3) is 0.519. The average molecular weight is 491 g/mol. The minimum atomic E-state index is -5.21. The molecule has 35 heavy (non-hydrogen) atoms. The number of halogens is 3. The van der Waals surface area contributed by atoms with Gasteiger partial charge in [0.2, 0.25) is 0 Å². The lowest BCUT2D eigenvalue weighted by Gasteiger charge is -2.40. The van der Waals surface area contributed by atoms with Gasteiger partial charge in [0.05, 0.1) is 7.11 Å². The number of aliphatic hydroxyl groups is 1. The number of nitrogens with zero attached hydrogens (tertiary/aromatic N) is 1. The number of nitrogens with one attached hydrogen (secondary N) is 1. The van der Waals surface area contributed by atoms with E-state index in [0.29, 0.717) is 25.2 Å². The Balaban J connectivity index is 1.69. The highest BCUT2D eigenvalue weighted by Gasteiger charge is 2.65. The maximum absolute atomic E-state index is 14.5. The summed E-state index contributed by atoms with van der Waals surface area (Å²) in [5, 5.41) is 14.5. The van der Waals surface area contributed by atoms with Crippen molar-refractivity contribution in [2.24, 2.45) is 5.92 Å². The maximum Gasteiger partial charge on any atom is 0.430 e. The molecule has 1 aliphatic heterocycles. The van der Waals surface area contributed by atoms with E-state index in [9.17, 15) is 23.1 Å². The van der Waals surface area contributed by atoms with Gasteiger partial charge in [0.1, 0.15) is 5.75 Å². The summed E-state index contributed by atoms with van der Waals surface area (Å²) in [6, 6.07) is 14.0. The lowest BCUT2D eigenvalue weighted by Crippen LogP contribution is -2.58. The third-order valence-electron chi connectivity index (χ3n) is 7.51. The van der Waals surface area contributed by atoms with Gasteiger partial charge in [0.15, 0.2) is 0 Å². The summed E-state index contributed by atoms with van der Waals surface area (Å²) in [5.41, 5.74) is -4.18. The topological polar surface area (TPSA) is 61.8 Å². The smallest absolute Gasteiger partial charge is 0.430 e. The second kappa shape index (κ2) is 10.2. The molecule has 2 aromatic rings. The largest absolute Gasteiger partial charge is 0.497 e. The summed E-state index contributed by atoms with van der Waals surface area (Å²) in [5.74, 6) is -0.702. The molecule has 190 valence electrons. The van der Waals surface area contributed by atoms with Crippen LogP contribution in [-0.4, -0.2) is 47.8 Å². The predicted octanol–water partition coefficient (Wildman–Crippen LogP) is 4.79. The number of piperidine rings is 1. The van der Waals surface area contributed by atoms with Crippen LogP contribution < -0.4 is 10.1 Å². The Hall–Kier alpha value is -2.58. The van der Waals surface area contributed by atoms with Crippen LogP contribution in [0, 0.1) is 5.92 Å². The van der Waals surface area contributed by atoms with Crippen LogP contribution in [0.1, 0.15) is 49.7 Å². The van der Waals surface area contributed by atoms with Crippen LogP contribution in [-0.2, 0) is 16.9 Å². The molecular formula is C27H33F3N2O3. The first kappa shape index (κ1) is 25.5. The summed E-state index contributed by atoms with van der Waals surface area (Å²) in [6.45, 7) is 1.89. The molecule has 1 saturated heterocycles. The van der Waals surface area contributed by atoms with Crippen molar-refractivity contribution >= 4 is 5.91 Å². The third kappa shape index (κ3) is 5.33. The molecule has 1 saturated carbocycles. The number of hydrogen-bond acceptors (Lipinski definition) is 4. The van der Waals surface area contributed by atoms with Crippen molar-refractivity contribution in [2.75, 3.05) is 20.2 Å². The first-order valence-electron chi connectivity index (χ1n) is 12.2. The van der Waals surface area contributed by atoms with Crippen LogP contribution in [0.5, 0.6) is 5.75 Å². The summed E-state index contributed by atoms with van der Waals surface area (Å²) in [7, 11) is 1.33. The van der Waals surface area contributed by atoms with Crippen LogP contribution in [0.25, 0.3) is 0 Å². The quantitative estimate of drug-likeness (QED) is 0.531. The summed E-state index contributed by atoms with van der Waals surface area (Å²) < 4.78 is 48.6. The molecule has 0 spiro atoms. The molecule has 0 bridgehead atoms. The van der Waals surface area contributed by atoms with E-state index in [-0.39, 0.29) is 12.3 Å². The van der Waals surface area contributed by atoms with E-state index in [1.54, 1.807) is 24.3 Å². The highest BCUT2D eigenvalue weighted by atomic mass is 19.4. The van der Waals surface area contributed by atoms with Gasteiger partial charge in [-0.2, -0.15) is 13.2 Å². The molecule has 2 N–H and O–H groups in total. The number of carbonyl (C=O) groups excluding carboxylic acids is 1. The van der Waals surface area contributed by atoms with Crippen LogP contribution >= 0.6 is 0 Å². The zero-order chi connectivity index (χ0) is 25.1. The first-order chi connectivity index (χ1) is 16.7. The molecule has 1 atom stereocenters. The minimum absolute atomic E-state index is 0.00819. The number of benzene rings is 2. The number of hydrogen-bond donors (Lipinski definition) is 2. The molecule has 2 aliphatic rings. The Morgan fingerprint density at radius 1 is 1.11 bits per heavy atom. The lowest BCUT2D eigenvalue weighted by molar-refractivity contribution is -0.263. The second-order valence-corrected chi connectivity index (χ2v) is 9.77. The van der Waals surface area contributed by atoms with Gasteiger partial charge in [-0.25, -0.2) is 0 Å². The van der Waals surface area contributed by atoms with Gasteiger partial charge in [-0.05, 0) is 75.2 Å². The van der Waals surface area contributed by atoms with Crippen molar-refractivity contribution in [1.29, 1.82) is 0 Å². The molecule has 2 aromatic carbocycles. The average Bonchev–Trinajstić information content (AvgIpc) is 3.66. The fourth-order valence-corrected chi connectivity index (χ4v) is 5.12. The first-order valence-corrected chi connectivity index (χ1v) is 12.2. The summed E-state index contributed by atoms with van der Waals surface area (Å²) in [4.78, 5) is 15.2. The van der Waals surface area contributed by atoms with Gasteiger partial charge < -0.3 is 20.1 Å². The fourth-order valence-electron chi connectivity index (χ4n) is 5.12. The maximum atomic E-state index is 14.5. The number of amides is 1. The number of ether oxygens (including phenoxy) is 1. The molecule has 1 heterocycles. The number of alkyl halides is 3. The number of carbonyl (C=O) groups is 1. The molecule has 5 nitrogen and oxygen atoms in total. The van der Waals surface area contributed by atoms with Gasteiger partial charge in [0.25, 0.3) is 11.5 Å². The molecule has 1 amide bonds. The second-order valence-electron chi connectivity index (χ2n) is 9.77. The zero-order valence-electron chi connectivity index (χ0n) is 20.0. The Labute approximate surface area is 204 Å². The van der Waals surface area contributed by atoms with E-state index >= 15 is 0 Å². The van der Waals surface area contributed by atoms with Crippen molar-refractivity contribution in [1.82, 2.24) is 10.2 Å². The predicted molar refractivity (Wildman–Crippen MR) is 127 cm³/mol. The van der Waals surface area contributed by atoms with Gasteiger partial charge in [-0.15, -0.1) is 0 Å². The number of methoxy groups -OCH3 is 1. The van der Waals surface area contributed by atoms with Crippen molar-refractivity contribution in [3.8, 4) is 5.75 Å². The highest BCUT2D eigenvalue weighted by Crippen LogP contribution is 2.51. The third-order valence-corrected chi connectivity index (χ3v) is 7.51. The SMILES string of the molecule is COc1cccc([C@@](O)(C(=O)N(Cc2ccccc2)C2(CCC3CCNCC3)CC2)C(F)(F)F)c1. The van der Waals surface area contributed by atoms with Crippen molar-refractivity contribution in [2.45, 2.75) is 62.4 Å². The molecule has 8 heteroatoms. The Kier molecular flexibility index (Phi) is 7.43. The molecular weight excluding hydrogens is 457 g/mol. The van der Waals surface area contributed by atoms with Crippen LogP contribution in [0.2, 0.25) is 0 Å². The molecule has 4 rings (SSSR count). The van der Waals surface area contributed by atoms with Gasteiger partial charge in [-0.1, -0.05) is 42.5 Å². The Morgan fingerprint density at radius 3 is 2.40 bits per heavy atom. The van der Waals surface area contributed by atoms with Crippen molar-refractivity contribution in [3.05, 3.63) is 65.7 Å². The van der Waals surface area contributed by atoms with Crippen molar-refractivity contribution < 1.29 is 27.8 Å². The van der Waals surface area contributed by atoms with E-state index in [0.717, 1.165) is 50.0 Å². The van der Waals surface area contributed by atoms with Crippen LogP contribution in [0.15, 0.2) is 54.6 Å². The van der Waals surface area contributed by atoms with E-state index in [1.807, 2.05) is 6.07 Å².